The minimum Gasteiger partial charge on any atom is -0.336 e. The van der Waals surface area contributed by atoms with Crippen LogP contribution in [0.2, 0.25) is 0 Å². The Morgan fingerprint density at radius 3 is 2.44 bits per heavy atom. The Balaban J connectivity index is 1.04. The van der Waals surface area contributed by atoms with Gasteiger partial charge in [-0.25, -0.2) is 4.79 Å². The summed E-state index contributed by atoms with van der Waals surface area (Å²) in [5.74, 6) is 3.02. The molecule has 3 fully saturated rings. The lowest BCUT2D eigenvalue weighted by atomic mass is 9.57. The predicted molar refractivity (Wildman–Crippen MR) is 130 cm³/mol. The van der Waals surface area contributed by atoms with Gasteiger partial charge >= 0.3 is 12.2 Å². The first-order chi connectivity index (χ1) is 17.1. The molecule has 2 heterocycles. The molecule has 2 aliphatic carbocycles. The van der Waals surface area contributed by atoms with E-state index in [1.54, 1.807) is 6.07 Å². The van der Waals surface area contributed by atoms with Gasteiger partial charge in [-0.15, -0.1) is 10.2 Å². The van der Waals surface area contributed by atoms with Crippen molar-refractivity contribution in [1.29, 1.82) is 0 Å². The topological polar surface area (TPSA) is 85.9 Å². The number of carbonyl (C=O) groups is 1. The van der Waals surface area contributed by atoms with Gasteiger partial charge in [-0.05, 0) is 68.7 Å². The van der Waals surface area contributed by atoms with Gasteiger partial charge in [-0.1, -0.05) is 13.0 Å². The summed E-state index contributed by atoms with van der Waals surface area (Å²) in [7, 11) is 0. The Morgan fingerprint density at radius 1 is 1.17 bits per heavy atom. The molecule has 7 nitrogen and oxygen atoms in total. The minimum absolute atomic E-state index is 0.0170. The molecule has 5 rings (SSSR count). The first-order valence-electron chi connectivity index (χ1n) is 12.9. The van der Waals surface area contributed by atoms with Crippen LogP contribution >= 0.6 is 0 Å². The molecule has 36 heavy (non-hydrogen) atoms. The Morgan fingerprint density at radius 2 is 1.83 bits per heavy atom. The maximum atomic E-state index is 13.2. The summed E-state index contributed by atoms with van der Waals surface area (Å²) in [5.41, 5.74) is 1.43. The number of aromatic amines is 1. The van der Waals surface area contributed by atoms with Crippen LogP contribution < -0.4 is 10.6 Å². The van der Waals surface area contributed by atoms with Gasteiger partial charge in [0, 0.05) is 49.5 Å². The number of aromatic nitrogens is 3. The number of alkyl halides is 3. The number of urea groups is 1. The average Bonchev–Trinajstić information content (AvgIpc) is 3.51. The summed E-state index contributed by atoms with van der Waals surface area (Å²) in [4.78, 5) is 17.9. The number of hydrogen-bond donors (Lipinski definition) is 3. The zero-order valence-electron chi connectivity index (χ0n) is 21.1. The molecular formula is C26H35F3N6O. The van der Waals surface area contributed by atoms with Crippen LogP contribution in [0, 0.1) is 12.3 Å². The van der Waals surface area contributed by atoms with Gasteiger partial charge in [-0.2, -0.15) is 13.2 Å². The predicted octanol–water partition coefficient (Wildman–Crippen LogP) is 4.64. The average molecular weight is 505 g/mol. The van der Waals surface area contributed by atoms with Gasteiger partial charge in [0.05, 0.1) is 5.56 Å². The molecule has 2 amide bonds. The first-order valence-corrected chi connectivity index (χ1v) is 12.9. The molecule has 1 aromatic carbocycles. The highest BCUT2D eigenvalue weighted by molar-refractivity contribution is 5.75. The number of nitrogens with one attached hydrogen (secondary N) is 3. The van der Waals surface area contributed by atoms with E-state index in [0.717, 1.165) is 43.1 Å². The molecule has 196 valence electrons. The lowest BCUT2D eigenvalue weighted by Crippen LogP contribution is -2.65. The molecule has 1 spiro atoms. The normalized spacial score (nSPS) is 20.2. The summed E-state index contributed by atoms with van der Waals surface area (Å²) >= 11 is 0. The second-order valence-corrected chi connectivity index (χ2v) is 11.1. The van der Waals surface area contributed by atoms with E-state index in [2.05, 4.69) is 25.8 Å². The smallest absolute Gasteiger partial charge is 0.336 e. The monoisotopic (exact) mass is 504 g/mol. The van der Waals surface area contributed by atoms with Crippen LogP contribution in [0.5, 0.6) is 0 Å². The van der Waals surface area contributed by atoms with E-state index in [1.807, 2.05) is 18.7 Å². The summed E-state index contributed by atoms with van der Waals surface area (Å²) < 4.78 is 39.7. The van der Waals surface area contributed by atoms with Gasteiger partial charge in [0.15, 0.2) is 0 Å². The number of amides is 2. The molecule has 1 unspecified atom stereocenters. The maximum Gasteiger partial charge on any atom is 0.416 e. The van der Waals surface area contributed by atoms with Crippen LogP contribution in [0.3, 0.4) is 0 Å². The molecule has 0 bridgehead atoms. The SMILES string of the molecule is CCc1cc(C(F)(F)F)c(C)cc1CNC(C)CNC(=O)N1CC2(CC(c3nnc(C4CC4)[nH]3)C2)C1. The molecule has 3 aliphatic rings. The zero-order valence-corrected chi connectivity index (χ0v) is 21.1. The Labute approximate surface area is 209 Å². The van der Waals surface area contributed by atoms with Crippen molar-refractivity contribution in [2.24, 2.45) is 5.41 Å². The molecule has 10 heteroatoms. The third-order valence-electron chi connectivity index (χ3n) is 8.00. The van der Waals surface area contributed by atoms with Crippen LogP contribution in [0.4, 0.5) is 18.0 Å². The van der Waals surface area contributed by atoms with Gasteiger partial charge < -0.3 is 20.5 Å². The van der Waals surface area contributed by atoms with Crippen LogP contribution in [0.25, 0.3) is 0 Å². The number of H-pyrrole nitrogens is 1. The highest BCUT2D eigenvalue weighted by Crippen LogP contribution is 2.55. The van der Waals surface area contributed by atoms with Crippen molar-refractivity contribution in [3.63, 3.8) is 0 Å². The van der Waals surface area contributed by atoms with E-state index in [-0.39, 0.29) is 23.1 Å². The van der Waals surface area contributed by atoms with Crippen LogP contribution in [0.15, 0.2) is 12.1 Å². The van der Waals surface area contributed by atoms with E-state index < -0.39 is 11.7 Å². The first kappa shape index (κ1) is 25.0. The van der Waals surface area contributed by atoms with Gasteiger partial charge in [0.1, 0.15) is 11.6 Å². The second-order valence-electron chi connectivity index (χ2n) is 11.1. The standard InChI is InChI=1S/C26H35F3N6O/c1-4-17-8-21(26(27,28)29)15(2)7-19(17)12-30-16(3)11-31-24(36)35-13-25(14-35)9-20(10-25)23-32-22(33-34-23)18-5-6-18/h7-8,16,18,20,30H,4-6,9-14H2,1-3H3,(H,31,36)(H,32,33,34). The molecule has 0 radical (unpaired) electrons. The fourth-order valence-corrected chi connectivity index (χ4v) is 5.68. The van der Waals surface area contributed by atoms with Crippen molar-refractivity contribution >= 4 is 6.03 Å². The summed E-state index contributed by atoms with van der Waals surface area (Å²) in [5, 5.41) is 15.0. The molecule has 1 aromatic heterocycles. The highest BCUT2D eigenvalue weighted by atomic mass is 19.4. The molecule has 1 aliphatic heterocycles. The number of rotatable bonds is 8. The second kappa shape index (κ2) is 9.36. The number of aryl methyl sites for hydroxylation is 2. The van der Waals surface area contributed by atoms with E-state index in [0.29, 0.717) is 36.9 Å². The fraction of sp³-hybridized carbons (Fsp3) is 0.654. The lowest BCUT2D eigenvalue weighted by molar-refractivity contribution is -0.138. The fourth-order valence-electron chi connectivity index (χ4n) is 5.68. The lowest BCUT2D eigenvalue weighted by Gasteiger charge is -2.58. The van der Waals surface area contributed by atoms with Gasteiger partial charge in [0.2, 0.25) is 0 Å². The molecule has 2 aromatic rings. The quantitative estimate of drug-likeness (QED) is 0.489. The Bertz CT molecular complexity index is 1110. The number of nitrogens with zero attached hydrogens (tertiary/aromatic N) is 3. The number of hydrogen-bond acceptors (Lipinski definition) is 4. The third kappa shape index (κ3) is 5.10. The number of benzene rings is 1. The number of halogens is 3. The Hall–Kier alpha value is -2.62. The van der Waals surface area contributed by atoms with Crippen molar-refractivity contribution < 1.29 is 18.0 Å². The molecule has 1 saturated heterocycles. The van der Waals surface area contributed by atoms with Crippen molar-refractivity contribution in [3.05, 3.63) is 46.0 Å². The molecule has 2 saturated carbocycles. The van der Waals surface area contributed by atoms with E-state index in [1.165, 1.54) is 25.8 Å². The molecule has 1 atom stereocenters. The Kier molecular flexibility index (Phi) is 6.51. The number of carbonyl (C=O) groups excluding carboxylic acids is 1. The van der Waals surface area contributed by atoms with Crippen LogP contribution in [-0.4, -0.2) is 51.8 Å². The third-order valence-corrected chi connectivity index (χ3v) is 8.00. The van der Waals surface area contributed by atoms with Crippen molar-refractivity contribution in [3.8, 4) is 0 Å². The van der Waals surface area contributed by atoms with E-state index in [9.17, 15) is 18.0 Å². The van der Waals surface area contributed by atoms with Gasteiger partial charge in [-0.3, -0.25) is 0 Å². The number of likely N-dealkylation sites (tertiary alicyclic amines) is 1. The summed E-state index contributed by atoms with van der Waals surface area (Å²) in [6, 6.07) is 2.80. The van der Waals surface area contributed by atoms with Crippen molar-refractivity contribution in [2.75, 3.05) is 19.6 Å². The molecular weight excluding hydrogens is 469 g/mol. The van der Waals surface area contributed by atoms with E-state index >= 15 is 0 Å². The molecule has 3 N–H and O–H groups in total. The van der Waals surface area contributed by atoms with Crippen LogP contribution in [-0.2, 0) is 19.1 Å². The van der Waals surface area contributed by atoms with E-state index in [4.69, 9.17) is 0 Å². The van der Waals surface area contributed by atoms with Crippen molar-refractivity contribution in [2.45, 2.75) is 83.5 Å². The van der Waals surface area contributed by atoms with Crippen LogP contribution in [0.1, 0.15) is 85.3 Å². The zero-order chi connectivity index (χ0) is 25.7. The van der Waals surface area contributed by atoms with Crippen molar-refractivity contribution in [1.82, 2.24) is 30.7 Å². The highest BCUT2D eigenvalue weighted by Gasteiger charge is 2.54. The summed E-state index contributed by atoms with van der Waals surface area (Å²) in [6.07, 6.45) is 0.677. The minimum atomic E-state index is -4.34. The summed E-state index contributed by atoms with van der Waals surface area (Å²) in [6.45, 7) is 7.77. The van der Waals surface area contributed by atoms with Gasteiger partial charge in [0.25, 0.3) is 0 Å². The largest absolute Gasteiger partial charge is 0.416 e. The maximum absolute atomic E-state index is 13.2.